The number of carbonyl (C=O) groups excluding carboxylic acids is 5. The lowest BCUT2D eigenvalue weighted by atomic mass is 10.0. The first-order valence-electron chi connectivity index (χ1n) is 10.3. The van der Waals surface area contributed by atoms with Crippen molar-refractivity contribution in [2.24, 2.45) is 17.4 Å². The molecule has 5 amide bonds. The Bertz CT molecular complexity index is 742. The summed E-state index contributed by atoms with van der Waals surface area (Å²) in [5.41, 5.74) is 11.0. The molecule has 0 unspecified atom stereocenters. The fourth-order valence-corrected chi connectivity index (χ4v) is 3.14. The molecule has 8 N–H and O–H groups in total. The van der Waals surface area contributed by atoms with Crippen molar-refractivity contribution in [3.05, 3.63) is 0 Å². The van der Waals surface area contributed by atoms with Crippen LogP contribution in [0.3, 0.4) is 0 Å². The van der Waals surface area contributed by atoms with Gasteiger partial charge in [-0.15, -0.1) is 0 Å². The Morgan fingerprint density at radius 3 is 2.31 bits per heavy atom. The quantitative estimate of drug-likeness (QED) is 0.178. The molecular formula is C19H32N6O7. The van der Waals surface area contributed by atoms with E-state index in [1.54, 1.807) is 13.8 Å². The third-order valence-electron chi connectivity index (χ3n) is 5.01. The fourth-order valence-electron chi connectivity index (χ4n) is 3.14. The van der Waals surface area contributed by atoms with E-state index in [1.165, 1.54) is 4.90 Å². The van der Waals surface area contributed by atoms with Gasteiger partial charge in [0.15, 0.2) is 0 Å². The number of rotatable bonds is 12. The van der Waals surface area contributed by atoms with Crippen molar-refractivity contribution in [1.82, 2.24) is 20.9 Å². The van der Waals surface area contributed by atoms with Crippen molar-refractivity contribution in [3.8, 4) is 0 Å². The predicted octanol–water partition coefficient (Wildman–Crippen LogP) is -2.97. The molecular weight excluding hydrogens is 424 g/mol. The largest absolute Gasteiger partial charge is 0.480 e. The van der Waals surface area contributed by atoms with E-state index in [2.05, 4.69) is 16.0 Å². The molecule has 3 atom stereocenters. The molecule has 0 radical (unpaired) electrons. The molecule has 0 saturated carbocycles. The average molecular weight is 457 g/mol. The number of nitrogens with two attached hydrogens (primary N) is 2. The normalized spacial score (nSPS) is 17.4. The summed E-state index contributed by atoms with van der Waals surface area (Å²) in [7, 11) is 0. The lowest BCUT2D eigenvalue weighted by Gasteiger charge is -2.29. The number of carbonyl (C=O) groups is 6. The number of carboxylic acid groups (broad SMARTS) is 1. The average Bonchev–Trinajstić information content (AvgIpc) is 3.21. The Kier molecular flexibility index (Phi) is 10.5. The van der Waals surface area contributed by atoms with Crippen LogP contribution >= 0.6 is 0 Å². The molecule has 1 aliphatic rings. The van der Waals surface area contributed by atoms with Crippen LogP contribution in [0.4, 0.5) is 0 Å². The first kappa shape index (κ1) is 26.8. The molecule has 0 aromatic heterocycles. The number of likely N-dealkylation sites (tertiary alicyclic amines) is 1. The van der Waals surface area contributed by atoms with E-state index < -0.39 is 66.7 Å². The van der Waals surface area contributed by atoms with Crippen LogP contribution < -0.4 is 27.4 Å². The molecule has 0 spiro atoms. The van der Waals surface area contributed by atoms with E-state index in [4.69, 9.17) is 16.6 Å². The maximum atomic E-state index is 13.1. The Labute approximate surface area is 185 Å². The molecule has 0 aromatic rings. The van der Waals surface area contributed by atoms with E-state index in [1.807, 2.05) is 0 Å². The highest BCUT2D eigenvalue weighted by molar-refractivity contribution is 5.95. The maximum absolute atomic E-state index is 13.1. The Morgan fingerprint density at radius 2 is 1.75 bits per heavy atom. The van der Waals surface area contributed by atoms with E-state index in [9.17, 15) is 28.8 Å². The van der Waals surface area contributed by atoms with Crippen LogP contribution in [0.1, 0.15) is 39.5 Å². The third-order valence-corrected chi connectivity index (χ3v) is 5.01. The van der Waals surface area contributed by atoms with Crippen LogP contribution in [-0.2, 0) is 28.8 Å². The zero-order chi connectivity index (χ0) is 24.4. The Hall–Kier alpha value is -3.22. The van der Waals surface area contributed by atoms with Crippen LogP contribution in [0.2, 0.25) is 0 Å². The highest BCUT2D eigenvalue weighted by Crippen LogP contribution is 2.20. The summed E-state index contributed by atoms with van der Waals surface area (Å²) in [5.74, 6) is -4.43. The zero-order valence-electron chi connectivity index (χ0n) is 18.3. The van der Waals surface area contributed by atoms with Gasteiger partial charge in [-0.2, -0.15) is 0 Å². The summed E-state index contributed by atoms with van der Waals surface area (Å²) in [6.45, 7) is 2.72. The molecule has 180 valence electrons. The monoisotopic (exact) mass is 456 g/mol. The lowest BCUT2D eigenvalue weighted by molar-refractivity contribution is -0.142. The number of hydrogen-bond donors (Lipinski definition) is 6. The first-order valence-corrected chi connectivity index (χ1v) is 10.3. The number of nitrogens with zero attached hydrogens (tertiary/aromatic N) is 1. The standard InChI is InChI=1S/C19H32N6O7/c1-10(2)16(21)18(31)24-11(5-6-13(20)26)19(32)25-7-3-4-12(25)17(30)23-8-14(27)22-9-15(28)29/h10-12,16H,3-9,21H2,1-2H3,(H2,20,26)(H,22,27)(H,23,30)(H,24,31)(H,28,29)/t11-,12-,16-/m0/s1. The highest BCUT2D eigenvalue weighted by Gasteiger charge is 2.38. The maximum Gasteiger partial charge on any atom is 0.322 e. The van der Waals surface area contributed by atoms with Crippen molar-refractivity contribution >= 4 is 35.5 Å². The summed E-state index contributed by atoms with van der Waals surface area (Å²) in [6, 6.07) is -2.82. The molecule has 1 aliphatic heterocycles. The second-order valence-corrected chi connectivity index (χ2v) is 7.91. The van der Waals surface area contributed by atoms with Crippen molar-refractivity contribution in [2.75, 3.05) is 19.6 Å². The van der Waals surface area contributed by atoms with Crippen LogP contribution in [-0.4, -0.2) is 83.3 Å². The van der Waals surface area contributed by atoms with Gasteiger partial charge in [-0.3, -0.25) is 28.8 Å². The second kappa shape index (κ2) is 12.6. The molecule has 0 bridgehead atoms. The number of carboxylic acids is 1. The van der Waals surface area contributed by atoms with Gasteiger partial charge in [-0.25, -0.2) is 0 Å². The van der Waals surface area contributed by atoms with Gasteiger partial charge in [0.2, 0.25) is 29.5 Å². The molecule has 0 aromatic carbocycles. The minimum Gasteiger partial charge on any atom is -0.480 e. The predicted molar refractivity (Wildman–Crippen MR) is 112 cm³/mol. The van der Waals surface area contributed by atoms with E-state index in [0.29, 0.717) is 12.8 Å². The van der Waals surface area contributed by atoms with Gasteiger partial charge in [-0.05, 0) is 25.2 Å². The zero-order valence-corrected chi connectivity index (χ0v) is 18.3. The van der Waals surface area contributed by atoms with E-state index in [-0.39, 0.29) is 25.3 Å². The molecule has 1 saturated heterocycles. The number of aliphatic carboxylic acids is 1. The number of hydrogen-bond acceptors (Lipinski definition) is 7. The van der Waals surface area contributed by atoms with Crippen LogP contribution in [0.5, 0.6) is 0 Å². The summed E-state index contributed by atoms with van der Waals surface area (Å²) in [6.07, 6.45) is 0.669. The molecule has 13 heteroatoms. The van der Waals surface area contributed by atoms with Gasteiger partial charge >= 0.3 is 5.97 Å². The minimum absolute atomic E-state index is 0.0485. The van der Waals surface area contributed by atoms with Crippen molar-refractivity contribution in [3.63, 3.8) is 0 Å². The minimum atomic E-state index is -1.22. The fraction of sp³-hybridized carbons (Fsp3) is 0.684. The molecule has 1 heterocycles. The van der Waals surface area contributed by atoms with Gasteiger partial charge in [0.1, 0.15) is 18.6 Å². The van der Waals surface area contributed by atoms with Crippen LogP contribution in [0.25, 0.3) is 0 Å². The van der Waals surface area contributed by atoms with Gasteiger partial charge in [-0.1, -0.05) is 13.8 Å². The SMILES string of the molecule is CC(C)[C@H](N)C(=O)N[C@@H](CCC(N)=O)C(=O)N1CCC[C@H]1C(=O)NCC(=O)NCC(=O)O. The summed E-state index contributed by atoms with van der Waals surface area (Å²) < 4.78 is 0. The second-order valence-electron chi connectivity index (χ2n) is 7.91. The molecule has 32 heavy (non-hydrogen) atoms. The van der Waals surface area contributed by atoms with Crippen molar-refractivity contribution in [2.45, 2.75) is 57.7 Å². The molecule has 1 fully saturated rings. The van der Waals surface area contributed by atoms with Crippen LogP contribution in [0, 0.1) is 5.92 Å². The lowest BCUT2D eigenvalue weighted by Crippen LogP contribution is -2.56. The van der Waals surface area contributed by atoms with Crippen LogP contribution in [0.15, 0.2) is 0 Å². The highest BCUT2D eigenvalue weighted by atomic mass is 16.4. The number of nitrogens with one attached hydrogen (secondary N) is 3. The Morgan fingerprint density at radius 1 is 1.09 bits per heavy atom. The first-order chi connectivity index (χ1) is 14.9. The molecule has 0 aliphatic carbocycles. The van der Waals surface area contributed by atoms with E-state index >= 15 is 0 Å². The van der Waals surface area contributed by atoms with Gasteiger partial charge < -0.3 is 37.4 Å². The summed E-state index contributed by atoms with van der Waals surface area (Å²) >= 11 is 0. The smallest absolute Gasteiger partial charge is 0.322 e. The number of primary amides is 1. The molecule has 1 rings (SSSR count). The third kappa shape index (κ3) is 8.49. The molecule has 13 nitrogen and oxygen atoms in total. The topological polar surface area (TPSA) is 214 Å². The van der Waals surface area contributed by atoms with Gasteiger partial charge in [0.25, 0.3) is 0 Å². The Balaban J connectivity index is 2.82. The van der Waals surface area contributed by atoms with Crippen molar-refractivity contribution < 1.29 is 33.9 Å². The van der Waals surface area contributed by atoms with Crippen molar-refractivity contribution in [1.29, 1.82) is 0 Å². The summed E-state index contributed by atoms with van der Waals surface area (Å²) in [4.78, 5) is 72.6. The number of amides is 5. The summed E-state index contributed by atoms with van der Waals surface area (Å²) in [5, 5.41) is 15.6. The van der Waals surface area contributed by atoms with E-state index in [0.717, 1.165) is 0 Å². The van der Waals surface area contributed by atoms with Gasteiger partial charge in [0.05, 0.1) is 12.6 Å². The van der Waals surface area contributed by atoms with Gasteiger partial charge in [0, 0.05) is 13.0 Å².